The van der Waals surface area contributed by atoms with Crippen molar-refractivity contribution in [2.24, 2.45) is 0 Å². The first-order valence-corrected chi connectivity index (χ1v) is 5.98. The van der Waals surface area contributed by atoms with Gasteiger partial charge in [-0.1, -0.05) is 6.58 Å². The fourth-order valence-corrected chi connectivity index (χ4v) is 1.32. The van der Waals surface area contributed by atoms with E-state index in [1.165, 1.54) is 0 Å². The molecule has 0 unspecified atom stereocenters. The van der Waals surface area contributed by atoms with Gasteiger partial charge in [-0.05, 0) is 0 Å². The number of rotatable bonds is 8. The SMILES string of the molecule is C=CC(=O)OCCOCCC(=O)ON1C(=O)CCC1=O. The Morgan fingerprint density at radius 3 is 2.40 bits per heavy atom. The molecule has 0 saturated carbocycles. The molecule has 8 heteroatoms. The van der Waals surface area contributed by atoms with Gasteiger partial charge >= 0.3 is 11.9 Å². The van der Waals surface area contributed by atoms with Crippen molar-refractivity contribution < 1.29 is 33.5 Å². The lowest BCUT2D eigenvalue weighted by Crippen LogP contribution is -2.32. The van der Waals surface area contributed by atoms with E-state index in [2.05, 4.69) is 16.2 Å². The molecular weight excluding hydrogens is 270 g/mol. The van der Waals surface area contributed by atoms with Crippen LogP contribution in [-0.4, -0.2) is 48.6 Å². The van der Waals surface area contributed by atoms with Crippen LogP contribution in [-0.2, 0) is 33.5 Å². The van der Waals surface area contributed by atoms with Gasteiger partial charge in [-0.15, -0.1) is 5.06 Å². The summed E-state index contributed by atoms with van der Waals surface area (Å²) in [6.07, 6.45) is 1.02. The van der Waals surface area contributed by atoms with Crippen LogP contribution >= 0.6 is 0 Å². The maximum absolute atomic E-state index is 11.3. The Kier molecular flexibility index (Phi) is 6.38. The summed E-state index contributed by atoms with van der Waals surface area (Å²) in [6, 6.07) is 0. The summed E-state index contributed by atoms with van der Waals surface area (Å²) in [6.45, 7) is 3.42. The molecule has 20 heavy (non-hydrogen) atoms. The first kappa shape index (κ1) is 15.8. The van der Waals surface area contributed by atoms with E-state index in [1.54, 1.807) is 0 Å². The van der Waals surface area contributed by atoms with Crippen LogP contribution in [0, 0.1) is 0 Å². The molecule has 1 heterocycles. The van der Waals surface area contributed by atoms with Crippen molar-refractivity contribution in [2.45, 2.75) is 19.3 Å². The monoisotopic (exact) mass is 285 g/mol. The number of hydrogen-bond donors (Lipinski definition) is 0. The highest BCUT2D eigenvalue weighted by atomic mass is 16.7. The van der Waals surface area contributed by atoms with Gasteiger partial charge < -0.3 is 14.3 Å². The van der Waals surface area contributed by atoms with E-state index < -0.39 is 23.8 Å². The second-order valence-corrected chi connectivity index (χ2v) is 3.78. The standard InChI is InChI=1S/C12H15NO7/c1-2-11(16)19-8-7-18-6-5-12(17)20-13-9(14)3-4-10(13)15/h2H,1,3-8H2. The van der Waals surface area contributed by atoms with E-state index in [0.29, 0.717) is 5.06 Å². The van der Waals surface area contributed by atoms with Crippen molar-refractivity contribution in [1.82, 2.24) is 5.06 Å². The van der Waals surface area contributed by atoms with Crippen LogP contribution in [0.4, 0.5) is 0 Å². The van der Waals surface area contributed by atoms with E-state index in [-0.39, 0.29) is 39.1 Å². The van der Waals surface area contributed by atoms with Gasteiger partial charge in [0.1, 0.15) is 6.61 Å². The van der Waals surface area contributed by atoms with E-state index >= 15 is 0 Å². The zero-order valence-corrected chi connectivity index (χ0v) is 10.8. The Labute approximate surface area is 115 Å². The van der Waals surface area contributed by atoms with Gasteiger partial charge in [-0.25, -0.2) is 9.59 Å². The summed E-state index contributed by atoms with van der Waals surface area (Å²) in [5, 5.41) is 0.480. The highest BCUT2D eigenvalue weighted by Gasteiger charge is 2.32. The number of carbonyl (C=O) groups excluding carboxylic acids is 4. The number of hydrogen-bond acceptors (Lipinski definition) is 7. The molecule has 0 aliphatic carbocycles. The average Bonchev–Trinajstić information content (AvgIpc) is 2.74. The smallest absolute Gasteiger partial charge is 0.335 e. The molecule has 0 aromatic heterocycles. The number of hydroxylamine groups is 2. The largest absolute Gasteiger partial charge is 0.460 e. The number of carbonyl (C=O) groups is 4. The molecule has 110 valence electrons. The average molecular weight is 285 g/mol. The van der Waals surface area contributed by atoms with Gasteiger partial charge in [-0.3, -0.25) is 9.59 Å². The van der Waals surface area contributed by atoms with Gasteiger partial charge in [0, 0.05) is 18.9 Å². The third-order valence-electron chi connectivity index (χ3n) is 2.29. The number of imide groups is 1. The summed E-state index contributed by atoms with van der Waals surface area (Å²) in [5.74, 6) is -2.35. The molecule has 0 radical (unpaired) electrons. The molecule has 1 saturated heterocycles. The Bertz CT molecular complexity index is 402. The maximum Gasteiger partial charge on any atom is 0.335 e. The van der Waals surface area contributed by atoms with Crippen molar-refractivity contribution >= 4 is 23.8 Å². The molecule has 0 spiro atoms. The summed E-state index contributed by atoms with van der Waals surface area (Å²) < 4.78 is 9.65. The second kappa shape index (κ2) is 8.05. The molecule has 0 aromatic carbocycles. The fraction of sp³-hybridized carbons (Fsp3) is 0.500. The van der Waals surface area contributed by atoms with E-state index in [1.807, 2.05) is 0 Å². The Morgan fingerprint density at radius 1 is 1.15 bits per heavy atom. The van der Waals surface area contributed by atoms with E-state index in [4.69, 9.17) is 4.74 Å². The first-order valence-electron chi connectivity index (χ1n) is 5.98. The first-order chi connectivity index (χ1) is 9.54. The fourth-order valence-electron chi connectivity index (χ4n) is 1.32. The minimum atomic E-state index is -0.739. The van der Waals surface area contributed by atoms with Crippen molar-refractivity contribution in [3.63, 3.8) is 0 Å². The Balaban J connectivity index is 2.08. The predicted molar refractivity (Wildman–Crippen MR) is 63.8 cm³/mol. The molecule has 0 atom stereocenters. The second-order valence-electron chi connectivity index (χ2n) is 3.78. The lowest BCUT2D eigenvalue weighted by atomic mass is 10.4. The summed E-state index contributed by atoms with van der Waals surface area (Å²) in [4.78, 5) is 48.9. The maximum atomic E-state index is 11.3. The minimum absolute atomic E-state index is 0.0285. The molecule has 0 N–H and O–H groups in total. The highest BCUT2D eigenvalue weighted by molar-refractivity contribution is 6.01. The topological polar surface area (TPSA) is 99.2 Å². The van der Waals surface area contributed by atoms with Crippen LogP contribution < -0.4 is 0 Å². The van der Waals surface area contributed by atoms with Crippen LogP contribution in [0.1, 0.15) is 19.3 Å². The van der Waals surface area contributed by atoms with Crippen LogP contribution in [0.3, 0.4) is 0 Å². The van der Waals surface area contributed by atoms with Crippen LogP contribution in [0.5, 0.6) is 0 Å². The predicted octanol–water partition coefficient (Wildman–Crippen LogP) is -0.271. The quantitative estimate of drug-likeness (QED) is 0.262. The van der Waals surface area contributed by atoms with Gasteiger partial charge in [0.05, 0.1) is 19.6 Å². The lowest BCUT2D eigenvalue weighted by molar-refractivity contribution is -0.198. The van der Waals surface area contributed by atoms with E-state index in [0.717, 1.165) is 6.08 Å². The summed E-state index contributed by atoms with van der Waals surface area (Å²) >= 11 is 0. The van der Waals surface area contributed by atoms with Crippen LogP contribution in [0.2, 0.25) is 0 Å². The van der Waals surface area contributed by atoms with Gasteiger partial charge in [0.2, 0.25) is 0 Å². The highest BCUT2D eigenvalue weighted by Crippen LogP contribution is 2.12. The lowest BCUT2D eigenvalue weighted by Gasteiger charge is -2.12. The van der Waals surface area contributed by atoms with Crippen molar-refractivity contribution in [1.29, 1.82) is 0 Å². The van der Waals surface area contributed by atoms with Gasteiger partial charge in [-0.2, -0.15) is 0 Å². The molecule has 2 amide bonds. The summed E-state index contributed by atoms with van der Waals surface area (Å²) in [7, 11) is 0. The number of amides is 2. The van der Waals surface area contributed by atoms with E-state index in [9.17, 15) is 19.2 Å². The zero-order valence-electron chi connectivity index (χ0n) is 10.8. The molecule has 1 fully saturated rings. The number of esters is 1. The Hall–Kier alpha value is -2.22. The molecular formula is C12H15NO7. The van der Waals surface area contributed by atoms with Crippen LogP contribution in [0.25, 0.3) is 0 Å². The summed E-state index contributed by atoms with van der Waals surface area (Å²) in [5.41, 5.74) is 0. The zero-order chi connectivity index (χ0) is 15.0. The van der Waals surface area contributed by atoms with Crippen LogP contribution in [0.15, 0.2) is 12.7 Å². The van der Waals surface area contributed by atoms with Crippen molar-refractivity contribution in [3.05, 3.63) is 12.7 Å². The van der Waals surface area contributed by atoms with Gasteiger partial charge in [0.25, 0.3) is 11.8 Å². The Morgan fingerprint density at radius 2 is 1.80 bits per heavy atom. The minimum Gasteiger partial charge on any atom is -0.460 e. The molecule has 0 bridgehead atoms. The van der Waals surface area contributed by atoms with Crippen molar-refractivity contribution in [2.75, 3.05) is 19.8 Å². The molecule has 0 aromatic rings. The number of ether oxygens (including phenoxy) is 2. The molecule has 1 rings (SSSR count). The normalized spacial score (nSPS) is 14.3. The van der Waals surface area contributed by atoms with Crippen molar-refractivity contribution in [3.8, 4) is 0 Å². The third-order valence-corrected chi connectivity index (χ3v) is 2.29. The van der Waals surface area contributed by atoms with Gasteiger partial charge in [0.15, 0.2) is 0 Å². The third kappa shape index (κ3) is 5.19. The molecule has 1 aliphatic rings. The molecule has 1 aliphatic heterocycles. The number of nitrogens with zero attached hydrogens (tertiary/aromatic N) is 1. The molecule has 8 nitrogen and oxygen atoms in total.